The first-order chi connectivity index (χ1) is 7.78. The van der Waals surface area contributed by atoms with E-state index in [1.807, 2.05) is 6.07 Å². The second kappa shape index (κ2) is 3.67. The highest BCUT2D eigenvalue weighted by molar-refractivity contribution is 5.52. The number of hydrogen-bond acceptors (Lipinski definition) is 3. The first-order valence-electron chi connectivity index (χ1n) is 5.85. The van der Waals surface area contributed by atoms with E-state index in [2.05, 4.69) is 18.3 Å². The Kier molecular flexibility index (Phi) is 2.28. The second-order valence-electron chi connectivity index (χ2n) is 4.69. The lowest BCUT2D eigenvalue weighted by atomic mass is 10.0. The largest absolute Gasteiger partial charge is 0.493 e. The van der Waals surface area contributed by atoms with Gasteiger partial charge in [-0.05, 0) is 31.4 Å². The van der Waals surface area contributed by atoms with Crippen LogP contribution in [0.2, 0.25) is 0 Å². The van der Waals surface area contributed by atoms with Gasteiger partial charge in [0.1, 0.15) is 6.61 Å². The van der Waals surface area contributed by atoms with Gasteiger partial charge < -0.3 is 14.8 Å². The molecule has 1 aromatic carbocycles. The van der Waals surface area contributed by atoms with Crippen LogP contribution >= 0.6 is 0 Å². The molecule has 1 aliphatic heterocycles. The van der Waals surface area contributed by atoms with Crippen LogP contribution in [0.25, 0.3) is 0 Å². The second-order valence-corrected chi connectivity index (χ2v) is 4.69. The lowest BCUT2D eigenvalue weighted by Crippen LogP contribution is -2.24. The number of fused-ring (bicyclic) bond motifs is 1. The molecule has 3 nitrogen and oxygen atoms in total. The van der Waals surface area contributed by atoms with Crippen molar-refractivity contribution in [2.24, 2.45) is 0 Å². The van der Waals surface area contributed by atoms with Crippen molar-refractivity contribution in [1.82, 2.24) is 5.32 Å². The number of benzene rings is 1. The summed E-state index contributed by atoms with van der Waals surface area (Å²) in [5.41, 5.74) is 2.48. The van der Waals surface area contributed by atoms with Gasteiger partial charge >= 0.3 is 0 Å². The van der Waals surface area contributed by atoms with E-state index in [0.29, 0.717) is 12.1 Å². The molecule has 1 aliphatic carbocycles. The molecule has 0 radical (unpaired) electrons. The molecule has 3 heteroatoms. The van der Waals surface area contributed by atoms with Crippen LogP contribution < -0.4 is 14.8 Å². The standard InChI is InChI=1S/C13H17NO2/c1-8-5-10-11(14-9-3-4-9)7-16-13(10)12(6-8)15-2/h5-6,9,11,14H,3-4,7H2,1-2H3. The maximum atomic E-state index is 5.73. The molecule has 1 aromatic rings. The third-order valence-corrected chi connectivity index (χ3v) is 3.23. The Balaban J connectivity index is 1.93. The third kappa shape index (κ3) is 1.65. The lowest BCUT2D eigenvalue weighted by Gasteiger charge is -2.11. The molecule has 0 aromatic heterocycles. The first kappa shape index (κ1) is 9.97. The molecule has 0 bridgehead atoms. The van der Waals surface area contributed by atoms with Crippen LogP contribution in [-0.4, -0.2) is 19.8 Å². The molecule has 1 atom stereocenters. The molecule has 86 valence electrons. The van der Waals surface area contributed by atoms with E-state index in [1.165, 1.54) is 24.0 Å². The molecule has 1 heterocycles. The van der Waals surface area contributed by atoms with Crippen molar-refractivity contribution in [1.29, 1.82) is 0 Å². The highest BCUT2D eigenvalue weighted by atomic mass is 16.5. The summed E-state index contributed by atoms with van der Waals surface area (Å²) in [6.45, 7) is 2.82. The average Bonchev–Trinajstić information content (AvgIpc) is 3.00. The first-order valence-corrected chi connectivity index (χ1v) is 5.85. The molecule has 1 N–H and O–H groups in total. The Morgan fingerprint density at radius 2 is 2.19 bits per heavy atom. The fourth-order valence-corrected chi connectivity index (χ4v) is 2.26. The minimum atomic E-state index is 0.344. The molecule has 0 saturated heterocycles. The number of nitrogens with one attached hydrogen (secondary N) is 1. The van der Waals surface area contributed by atoms with Crippen molar-refractivity contribution in [2.75, 3.05) is 13.7 Å². The minimum absolute atomic E-state index is 0.344. The zero-order valence-corrected chi connectivity index (χ0v) is 9.75. The van der Waals surface area contributed by atoms with Crippen LogP contribution in [-0.2, 0) is 0 Å². The van der Waals surface area contributed by atoms with Gasteiger partial charge in [-0.15, -0.1) is 0 Å². The van der Waals surface area contributed by atoms with Gasteiger partial charge in [-0.25, -0.2) is 0 Å². The normalized spacial score (nSPS) is 22.8. The van der Waals surface area contributed by atoms with Gasteiger partial charge in [-0.2, -0.15) is 0 Å². The summed E-state index contributed by atoms with van der Waals surface area (Å²) < 4.78 is 11.1. The van der Waals surface area contributed by atoms with Gasteiger partial charge in [0.15, 0.2) is 11.5 Å². The van der Waals surface area contributed by atoms with Gasteiger partial charge in [0, 0.05) is 11.6 Å². The topological polar surface area (TPSA) is 30.5 Å². The van der Waals surface area contributed by atoms with Gasteiger partial charge in [0.05, 0.1) is 13.2 Å². The minimum Gasteiger partial charge on any atom is -0.493 e. The Morgan fingerprint density at radius 3 is 2.88 bits per heavy atom. The summed E-state index contributed by atoms with van der Waals surface area (Å²) in [5, 5.41) is 3.61. The Morgan fingerprint density at radius 1 is 1.38 bits per heavy atom. The van der Waals surface area contributed by atoms with E-state index in [-0.39, 0.29) is 0 Å². The van der Waals surface area contributed by atoms with Gasteiger partial charge in [0.2, 0.25) is 0 Å². The fraction of sp³-hybridized carbons (Fsp3) is 0.538. The molecule has 0 amide bonds. The number of rotatable bonds is 3. The van der Waals surface area contributed by atoms with Crippen LogP contribution in [0.1, 0.15) is 30.0 Å². The van der Waals surface area contributed by atoms with Gasteiger partial charge in [0.25, 0.3) is 0 Å². The smallest absolute Gasteiger partial charge is 0.166 e. The third-order valence-electron chi connectivity index (χ3n) is 3.23. The van der Waals surface area contributed by atoms with Gasteiger partial charge in [-0.3, -0.25) is 0 Å². The summed E-state index contributed by atoms with van der Waals surface area (Å²) in [6.07, 6.45) is 2.60. The molecular weight excluding hydrogens is 202 g/mol. The summed E-state index contributed by atoms with van der Waals surface area (Å²) in [5.74, 6) is 1.78. The monoisotopic (exact) mass is 219 g/mol. The SMILES string of the molecule is COc1cc(C)cc2c1OCC2NC1CC1. The highest BCUT2D eigenvalue weighted by Gasteiger charge is 2.32. The van der Waals surface area contributed by atoms with Crippen LogP contribution in [0.5, 0.6) is 11.5 Å². The maximum absolute atomic E-state index is 5.73. The number of hydrogen-bond donors (Lipinski definition) is 1. The molecular formula is C13H17NO2. The van der Waals surface area contributed by atoms with Gasteiger partial charge in [-0.1, -0.05) is 6.07 Å². The zero-order chi connectivity index (χ0) is 11.1. The fourth-order valence-electron chi connectivity index (χ4n) is 2.26. The quantitative estimate of drug-likeness (QED) is 0.845. The lowest BCUT2D eigenvalue weighted by molar-refractivity contribution is 0.295. The molecule has 1 unspecified atom stereocenters. The van der Waals surface area contributed by atoms with E-state index in [9.17, 15) is 0 Å². The van der Waals surface area contributed by atoms with Crippen molar-refractivity contribution in [3.63, 3.8) is 0 Å². The average molecular weight is 219 g/mol. The van der Waals surface area contributed by atoms with Crippen molar-refractivity contribution < 1.29 is 9.47 Å². The van der Waals surface area contributed by atoms with Crippen LogP contribution in [0.15, 0.2) is 12.1 Å². The molecule has 3 rings (SSSR count). The summed E-state index contributed by atoms with van der Waals surface area (Å²) in [6, 6.07) is 5.27. The summed E-state index contributed by atoms with van der Waals surface area (Å²) in [7, 11) is 1.69. The highest BCUT2D eigenvalue weighted by Crippen LogP contribution is 2.42. The van der Waals surface area contributed by atoms with E-state index in [1.54, 1.807) is 7.11 Å². The summed E-state index contributed by atoms with van der Waals surface area (Å²) in [4.78, 5) is 0. The van der Waals surface area contributed by atoms with Crippen LogP contribution in [0.4, 0.5) is 0 Å². The van der Waals surface area contributed by atoms with Crippen LogP contribution in [0.3, 0.4) is 0 Å². The predicted molar refractivity (Wildman–Crippen MR) is 62.1 cm³/mol. The molecule has 0 spiro atoms. The van der Waals surface area contributed by atoms with Crippen molar-refractivity contribution in [3.8, 4) is 11.5 Å². The van der Waals surface area contributed by atoms with Crippen molar-refractivity contribution in [3.05, 3.63) is 23.3 Å². The molecule has 1 fully saturated rings. The number of ether oxygens (including phenoxy) is 2. The van der Waals surface area contributed by atoms with Crippen LogP contribution in [0, 0.1) is 6.92 Å². The molecule has 16 heavy (non-hydrogen) atoms. The summed E-state index contributed by atoms with van der Waals surface area (Å²) >= 11 is 0. The Labute approximate surface area is 95.8 Å². The van der Waals surface area contributed by atoms with E-state index < -0.39 is 0 Å². The maximum Gasteiger partial charge on any atom is 0.166 e. The van der Waals surface area contributed by atoms with E-state index in [0.717, 1.165) is 18.1 Å². The Bertz CT molecular complexity index is 413. The van der Waals surface area contributed by atoms with E-state index in [4.69, 9.17) is 9.47 Å². The zero-order valence-electron chi connectivity index (χ0n) is 9.75. The predicted octanol–water partition coefficient (Wildman–Crippen LogP) is 2.19. The van der Waals surface area contributed by atoms with E-state index >= 15 is 0 Å². The Hall–Kier alpha value is -1.22. The number of aryl methyl sites for hydroxylation is 1. The molecule has 1 saturated carbocycles. The number of methoxy groups -OCH3 is 1. The van der Waals surface area contributed by atoms with Crippen molar-refractivity contribution >= 4 is 0 Å². The van der Waals surface area contributed by atoms with Crippen molar-refractivity contribution in [2.45, 2.75) is 31.8 Å². The molecule has 2 aliphatic rings.